The molecule has 3 atom stereocenters. The van der Waals surface area contributed by atoms with Crippen LogP contribution in [0.5, 0.6) is 0 Å². The second-order valence-corrected chi connectivity index (χ2v) is 8.66. The number of aliphatic hydroxyl groups is 1. The van der Waals surface area contributed by atoms with Crippen molar-refractivity contribution in [2.24, 2.45) is 11.3 Å². The lowest BCUT2D eigenvalue weighted by atomic mass is 9.58. The quantitative estimate of drug-likeness (QED) is 0.876. The van der Waals surface area contributed by atoms with Gasteiger partial charge >= 0.3 is 6.09 Å². The number of carbonyl (C=O) groups excluding carboxylic acids is 1. The van der Waals surface area contributed by atoms with E-state index in [0.717, 1.165) is 6.42 Å². The van der Waals surface area contributed by atoms with E-state index in [-0.39, 0.29) is 35.5 Å². The molecule has 0 spiro atoms. The van der Waals surface area contributed by atoms with Gasteiger partial charge in [-0.15, -0.1) is 0 Å². The fourth-order valence-corrected chi connectivity index (χ4v) is 5.59. The summed E-state index contributed by atoms with van der Waals surface area (Å²) in [5.74, 6) is 0.278. The van der Waals surface area contributed by atoms with Crippen LogP contribution in [0.25, 0.3) is 11.1 Å². The molecule has 1 N–H and O–H groups in total. The maximum Gasteiger partial charge on any atom is 0.410 e. The molecule has 1 saturated heterocycles. The van der Waals surface area contributed by atoms with Crippen molar-refractivity contribution >= 4 is 6.09 Å². The van der Waals surface area contributed by atoms with Gasteiger partial charge in [-0.1, -0.05) is 62.4 Å². The van der Waals surface area contributed by atoms with Gasteiger partial charge in [-0.3, -0.25) is 0 Å². The molecule has 0 unspecified atom stereocenters. The van der Waals surface area contributed by atoms with Crippen LogP contribution >= 0.6 is 0 Å². The van der Waals surface area contributed by atoms with Crippen molar-refractivity contribution in [1.29, 1.82) is 0 Å². The Morgan fingerprint density at radius 3 is 2.33 bits per heavy atom. The van der Waals surface area contributed by atoms with Gasteiger partial charge in [0, 0.05) is 29.8 Å². The fraction of sp³-hybridized carbons (Fsp3) is 0.435. The monoisotopic (exact) mass is 363 g/mol. The van der Waals surface area contributed by atoms with Crippen molar-refractivity contribution in [3.05, 3.63) is 59.7 Å². The average molecular weight is 363 g/mol. The van der Waals surface area contributed by atoms with Gasteiger partial charge in [0.05, 0.1) is 6.10 Å². The van der Waals surface area contributed by atoms with Gasteiger partial charge in [0.1, 0.15) is 6.61 Å². The average Bonchev–Trinajstić information content (AvgIpc) is 3.25. The Kier molecular flexibility index (Phi) is 3.63. The topological polar surface area (TPSA) is 49.8 Å². The van der Waals surface area contributed by atoms with Crippen molar-refractivity contribution in [2.75, 3.05) is 13.2 Å². The predicted molar refractivity (Wildman–Crippen MR) is 103 cm³/mol. The molecule has 2 fully saturated rings. The number of carbonyl (C=O) groups is 1. The highest BCUT2D eigenvalue weighted by molar-refractivity contribution is 5.79. The van der Waals surface area contributed by atoms with Gasteiger partial charge in [-0.05, 0) is 28.7 Å². The van der Waals surface area contributed by atoms with Crippen molar-refractivity contribution in [1.82, 2.24) is 4.90 Å². The number of hydrogen-bond acceptors (Lipinski definition) is 3. The van der Waals surface area contributed by atoms with Crippen LogP contribution in [-0.2, 0) is 4.74 Å². The van der Waals surface area contributed by atoms with E-state index in [2.05, 4.69) is 36.4 Å². The number of nitrogens with zero attached hydrogens (tertiary/aromatic N) is 1. The summed E-state index contributed by atoms with van der Waals surface area (Å²) >= 11 is 0. The van der Waals surface area contributed by atoms with Crippen molar-refractivity contribution in [3.63, 3.8) is 0 Å². The standard InChI is InChI=1S/C23H25NO3/c1-23(2)20-18(21(23)25)11-12-24(20)22(26)27-13-19-16-9-5-3-7-14(16)15-8-4-6-10-17(15)19/h3-10,18-21,25H,11-13H2,1-2H3/t18-,20+,21+/m1/s1. The summed E-state index contributed by atoms with van der Waals surface area (Å²) in [6.07, 6.45) is 0.289. The first kappa shape index (κ1) is 16.8. The molecule has 2 aromatic rings. The Labute approximate surface area is 159 Å². The molecular formula is C23H25NO3. The number of amides is 1. The zero-order valence-corrected chi connectivity index (χ0v) is 15.8. The van der Waals surface area contributed by atoms with Crippen LogP contribution in [0.2, 0.25) is 0 Å². The minimum atomic E-state index is -0.325. The predicted octanol–water partition coefficient (Wildman–Crippen LogP) is 4.03. The molecule has 1 heterocycles. The van der Waals surface area contributed by atoms with E-state index in [1.54, 1.807) is 0 Å². The molecule has 1 aliphatic heterocycles. The highest BCUT2D eigenvalue weighted by atomic mass is 16.6. The highest BCUT2D eigenvalue weighted by Crippen LogP contribution is 2.53. The Balaban J connectivity index is 1.34. The Morgan fingerprint density at radius 1 is 1.11 bits per heavy atom. The van der Waals surface area contributed by atoms with E-state index < -0.39 is 0 Å². The molecular weight excluding hydrogens is 338 g/mol. The van der Waals surface area contributed by atoms with Gasteiger partial charge in [0.15, 0.2) is 0 Å². The number of hydrogen-bond donors (Lipinski definition) is 1. The summed E-state index contributed by atoms with van der Waals surface area (Å²) in [5.41, 5.74) is 4.67. The summed E-state index contributed by atoms with van der Waals surface area (Å²) in [6.45, 7) is 5.10. The summed E-state index contributed by atoms with van der Waals surface area (Å²) in [5, 5.41) is 10.3. The van der Waals surface area contributed by atoms with Crippen LogP contribution in [0.1, 0.15) is 37.3 Å². The fourth-order valence-electron chi connectivity index (χ4n) is 5.59. The Morgan fingerprint density at radius 2 is 1.70 bits per heavy atom. The van der Waals surface area contributed by atoms with Gasteiger partial charge in [0.25, 0.3) is 0 Å². The van der Waals surface area contributed by atoms with E-state index >= 15 is 0 Å². The molecule has 27 heavy (non-hydrogen) atoms. The summed E-state index contributed by atoms with van der Waals surface area (Å²) in [7, 11) is 0. The van der Waals surface area contributed by atoms with Crippen LogP contribution < -0.4 is 0 Å². The second-order valence-electron chi connectivity index (χ2n) is 8.66. The molecule has 5 rings (SSSR count). The van der Waals surface area contributed by atoms with Crippen LogP contribution in [-0.4, -0.2) is 41.4 Å². The van der Waals surface area contributed by atoms with Gasteiger partial charge < -0.3 is 14.7 Å². The zero-order valence-electron chi connectivity index (χ0n) is 15.8. The molecule has 0 aromatic heterocycles. The maximum atomic E-state index is 12.8. The van der Waals surface area contributed by atoms with Crippen LogP contribution in [0.4, 0.5) is 4.79 Å². The number of aliphatic hydroxyl groups excluding tert-OH is 1. The number of fused-ring (bicyclic) bond motifs is 4. The lowest BCUT2D eigenvalue weighted by Crippen LogP contribution is -2.64. The van der Waals surface area contributed by atoms with Gasteiger partial charge in [-0.2, -0.15) is 0 Å². The van der Waals surface area contributed by atoms with Crippen LogP contribution in [0.15, 0.2) is 48.5 Å². The zero-order chi connectivity index (χ0) is 18.8. The van der Waals surface area contributed by atoms with Crippen molar-refractivity contribution < 1.29 is 14.6 Å². The first-order chi connectivity index (χ1) is 13.0. The number of ether oxygens (including phenoxy) is 1. The Hall–Kier alpha value is -2.33. The Bertz CT molecular complexity index is 861. The first-order valence-electron chi connectivity index (χ1n) is 9.80. The molecule has 1 amide bonds. The lowest BCUT2D eigenvalue weighted by Gasteiger charge is -2.54. The smallest absolute Gasteiger partial charge is 0.410 e. The van der Waals surface area contributed by atoms with Gasteiger partial charge in [0.2, 0.25) is 0 Å². The number of likely N-dealkylation sites (tertiary alicyclic amines) is 1. The molecule has 0 radical (unpaired) electrons. The molecule has 140 valence electrons. The third-order valence-corrected chi connectivity index (χ3v) is 6.95. The second kappa shape index (κ2) is 5.83. The molecule has 2 aromatic carbocycles. The van der Waals surface area contributed by atoms with Gasteiger partial charge in [-0.25, -0.2) is 4.79 Å². The van der Waals surface area contributed by atoms with Crippen molar-refractivity contribution in [3.8, 4) is 11.1 Å². The summed E-state index contributed by atoms with van der Waals surface area (Å²) in [6, 6.07) is 16.8. The normalized spacial score (nSPS) is 27.5. The third kappa shape index (κ3) is 2.29. The summed E-state index contributed by atoms with van der Waals surface area (Å²) < 4.78 is 5.81. The maximum absolute atomic E-state index is 12.8. The molecule has 4 heteroatoms. The van der Waals surface area contributed by atoms with Crippen LogP contribution in [0, 0.1) is 11.3 Å². The third-order valence-electron chi connectivity index (χ3n) is 6.95. The molecule has 1 saturated carbocycles. The van der Waals surface area contributed by atoms with E-state index in [0.29, 0.717) is 13.2 Å². The largest absolute Gasteiger partial charge is 0.448 e. The first-order valence-corrected chi connectivity index (χ1v) is 9.80. The molecule has 2 aliphatic carbocycles. The SMILES string of the molecule is CC1(C)[C@@H]2[C@@H](CCN2C(=O)OCC2c3ccccc3-c3ccccc32)[C@@H]1O. The molecule has 3 aliphatic rings. The highest BCUT2D eigenvalue weighted by Gasteiger charge is 2.62. The number of benzene rings is 2. The molecule has 0 bridgehead atoms. The lowest BCUT2D eigenvalue weighted by molar-refractivity contribution is -0.138. The molecule has 4 nitrogen and oxygen atoms in total. The van der Waals surface area contributed by atoms with E-state index in [1.165, 1.54) is 22.3 Å². The minimum Gasteiger partial charge on any atom is -0.448 e. The minimum absolute atomic E-state index is 0.0831. The summed E-state index contributed by atoms with van der Waals surface area (Å²) in [4.78, 5) is 14.7. The van der Waals surface area contributed by atoms with E-state index in [9.17, 15) is 9.90 Å². The van der Waals surface area contributed by atoms with E-state index in [1.807, 2.05) is 30.9 Å². The van der Waals surface area contributed by atoms with Crippen molar-refractivity contribution in [2.45, 2.75) is 38.3 Å². The number of rotatable bonds is 2. The van der Waals surface area contributed by atoms with Crippen LogP contribution in [0.3, 0.4) is 0 Å². The van der Waals surface area contributed by atoms with E-state index in [4.69, 9.17) is 4.74 Å².